The number of hydrogen-bond acceptors (Lipinski definition) is 0. The average Bonchev–Trinajstić information content (AvgIpc) is 2.49. The molecule has 2 fully saturated rings. The summed E-state index contributed by atoms with van der Waals surface area (Å²) in [7, 11) is 0. The molecule has 3 rings (SSSR count). The Morgan fingerprint density at radius 3 is 1.90 bits per heavy atom. The van der Waals surface area contributed by atoms with E-state index < -0.39 is 0 Å². The molecule has 2 saturated carbocycles. The predicted octanol–water partition coefficient (Wildman–Crippen LogP) is 4.15. The van der Waals surface area contributed by atoms with Gasteiger partial charge in [-0.1, -0.05) is 0 Å². The van der Waals surface area contributed by atoms with Crippen molar-refractivity contribution in [1.82, 2.24) is 0 Å². The van der Waals surface area contributed by atoms with Crippen molar-refractivity contribution in [3.05, 3.63) is 29.3 Å². The van der Waals surface area contributed by atoms with Crippen LogP contribution in [-0.4, -0.2) is 24.7 Å². The van der Waals surface area contributed by atoms with E-state index in [1.807, 2.05) is 5.56 Å². The first-order chi connectivity index (χ1) is 9.36. The second kappa shape index (κ2) is 8.18. The molecule has 0 radical (unpaired) electrons. The van der Waals surface area contributed by atoms with Crippen molar-refractivity contribution in [2.75, 3.05) is 0 Å². The van der Waals surface area contributed by atoms with E-state index in [1.54, 1.807) is 8.83 Å². The molecule has 2 aliphatic rings. The van der Waals surface area contributed by atoms with Crippen LogP contribution in [0.1, 0.15) is 87.2 Å². The van der Waals surface area contributed by atoms with E-state index in [0.717, 1.165) is 36.6 Å². The van der Waals surface area contributed by atoms with Crippen molar-refractivity contribution in [2.24, 2.45) is 0 Å². The zero-order valence-electron chi connectivity index (χ0n) is 12.5. The molecule has 112 valence electrons. The van der Waals surface area contributed by atoms with Gasteiger partial charge in [-0.3, -0.25) is 0 Å². The Morgan fingerprint density at radius 2 is 1.30 bits per heavy atom. The molecule has 0 bridgehead atoms. The van der Waals surface area contributed by atoms with E-state index in [9.17, 15) is 0 Å². The van der Waals surface area contributed by atoms with Crippen LogP contribution in [0.2, 0.25) is 0 Å². The van der Waals surface area contributed by atoms with Crippen molar-refractivity contribution in [1.29, 1.82) is 0 Å². The second-order valence-corrected chi connectivity index (χ2v) is 8.94. The van der Waals surface area contributed by atoms with Crippen LogP contribution in [0.15, 0.2) is 18.2 Å². The summed E-state index contributed by atoms with van der Waals surface area (Å²) in [6.07, 6.45) is 14.6. The van der Waals surface area contributed by atoms with Crippen LogP contribution in [0.25, 0.3) is 0 Å². The quantitative estimate of drug-likeness (QED) is 0.551. The summed E-state index contributed by atoms with van der Waals surface area (Å²) < 4.78 is 1.73. The van der Waals surface area contributed by atoms with E-state index in [2.05, 4.69) is 18.2 Å². The SMILES string of the molecule is S.[BiH2][c]1cccc(C2CCCCC2)c1C1CCCCC1. The Kier molecular flexibility index (Phi) is 6.88. The minimum atomic E-state index is 0. The van der Waals surface area contributed by atoms with Crippen molar-refractivity contribution in [3.8, 4) is 0 Å². The van der Waals surface area contributed by atoms with Crippen molar-refractivity contribution in [2.45, 2.75) is 76.0 Å². The molecular formula is C18H29BiS. The average molecular weight is 486 g/mol. The molecule has 0 nitrogen and oxygen atoms in total. The third-order valence-corrected chi connectivity index (χ3v) is 7.19. The molecule has 1 aromatic carbocycles. The fraction of sp³-hybridized carbons (Fsp3) is 0.667. The van der Waals surface area contributed by atoms with Gasteiger partial charge < -0.3 is 0 Å². The van der Waals surface area contributed by atoms with Gasteiger partial charge >= 0.3 is 133 Å². The summed E-state index contributed by atoms with van der Waals surface area (Å²) in [5.74, 6) is 1.80. The van der Waals surface area contributed by atoms with Crippen LogP contribution >= 0.6 is 13.5 Å². The molecule has 0 heterocycles. The van der Waals surface area contributed by atoms with Gasteiger partial charge in [0.1, 0.15) is 0 Å². The molecule has 0 aromatic heterocycles. The minimum absolute atomic E-state index is 0. The van der Waals surface area contributed by atoms with Crippen LogP contribution in [-0.2, 0) is 0 Å². The molecular weight excluding hydrogens is 457 g/mol. The van der Waals surface area contributed by atoms with E-state index in [4.69, 9.17) is 0 Å². The second-order valence-electron chi connectivity index (χ2n) is 6.52. The molecule has 0 unspecified atom stereocenters. The van der Waals surface area contributed by atoms with Crippen LogP contribution < -0.4 is 3.27 Å². The van der Waals surface area contributed by atoms with Gasteiger partial charge in [-0.15, -0.1) is 0 Å². The zero-order valence-corrected chi connectivity index (χ0v) is 18.0. The summed E-state index contributed by atoms with van der Waals surface area (Å²) in [6, 6.07) is 7.23. The predicted molar refractivity (Wildman–Crippen MR) is 96.7 cm³/mol. The van der Waals surface area contributed by atoms with E-state index in [0.29, 0.717) is 0 Å². The van der Waals surface area contributed by atoms with Gasteiger partial charge in [-0.2, -0.15) is 13.5 Å². The molecule has 0 N–H and O–H groups in total. The molecule has 0 aliphatic heterocycles. The summed E-state index contributed by atoms with van der Waals surface area (Å²) >= 11 is 1.01. The molecule has 1 aromatic rings. The zero-order chi connectivity index (χ0) is 13.1. The topological polar surface area (TPSA) is 0 Å². The van der Waals surface area contributed by atoms with Crippen LogP contribution in [0.4, 0.5) is 0 Å². The first-order valence-electron chi connectivity index (χ1n) is 8.24. The van der Waals surface area contributed by atoms with Gasteiger partial charge in [0.2, 0.25) is 0 Å². The maximum absolute atomic E-state index is 2.48. The molecule has 0 spiro atoms. The maximum atomic E-state index is 2.48. The summed E-state index contributed by atoms with van der Waals surface area (Å²) in [5.41, 5.74) is 3.60. The fourth-order valence-corrected chi connectivity index (χ4v) is 6.23. The normalized spacial score (nSPS) is 21.4. The van der Waals surface area contributed by atoms with Crippen molar-refractivity contribution < 1.29 is 0 Å². The fourth-order valence-electron chi connectivity index (χ4n) is 4.23. The first kappa shape index (κ1) is 16.8. The Morgan fingerprint density at radius 1 is 0.750 bits per heavy atom. The van der Waals surface area contributed by atoms with E-state index >= 15 is 0 Å². The molecule has 20 heavy (non-hydrogen) atoms. The van der Waals surface area contributed by atoms with E-state index in [-0.39, 0.29) is 13.5 Å². The third-order valence-electron chi connectivity index (χ3n) is 5.23. The molecule has 0 atom stereocenters. The van der Waals surface area contributed by atoms with Crippen molar-refractivity contribution >= 4 is 41.5 Å². The molecule has 2 aliphatic carbocycles. The Hall–Kier alpha value is 0.453. The molecule has 0 amide bonds. The Bertz CT molecular complexity index is 417. The third kappa shape index (κ3) is 3.80. The monoisotopic (exact) mass is 486 g/mol. The van der Waals surface area contributed by atoms with Crippen LogP contribution in [0.5, 0.6) is 0 Å². The number of hydrogen-bond donors (Lipinski definition) is 0. The van der Waals surface area contributed by atoms with Crippen LogP contribution in [0, 0.1) is 0 Å². The Balaban J connectivity index is 0.00000147. The van der Waals surface area contributed by atoms with Gasteiger partial charge in [0, 0.05) is 0 Å². The first-order valence-corrected chi connectivity index (χ1v) is 10.5. The van der Waals surface area contributed by atoms with Gasteiger partial charge in [0.25, 0.3) is 0 Å². The summed E-state index contributed by atoms with van der Waals surface area (Å²) in [5, 5.41) is 0. The summed E-state index contributed by atoms with van der Waals surface area (Å²) in [4.78, 5) is 0. The standard InChI is InChI=1S/C18H25.Bi.H2S.2H/c1-3-9-15(10-4-1)17-13-7-8-14-18(17)16-11-5-2-6-12-16;;;;/h7-8,13,15-16H,1-6,9-12H2;;1H2;;. The van der Waals surface area contributed by atoms with Crippen molar-refractivity contribution in [3.63, 3.8) is 0 Å². The molecule has 0 saturated heterocycles. The summed E-state index contributed by atoms with van der Waals surface area (Å²) in [6.45, 7) is 0. The van der Waals surface area contributed by atoms with Gasteiger partial charge in [-0.05, 0) is 0 Å². The van der Waals surface area contributed by atoms with Gasteiger partial charge in [0.05, 0.1) is 0 Å². The van der Waals surface area contributed by atoms with E-state index in [1.165, 1.54) is 64.2 Å². The van der Waals surface area contributed by atoms with Gasteiger partial charge in [-0.25, -0.2) is 0 Å². The Labute approximate surface area is 146 Å². The number of benzene rings is 1. The van der Waals surface area contributed by atoms with Gasteiger partial charge in [0.15, 0.2) is 0 Å². The molecule has 2 heteroatoms. The van der Waals surface area contributed by atoms with Crippen LogP contribution in [0.3, 0.4) is 0 Å². The number of rotatable bonds is 2.